The molecule has 0 fully saturated rings. The van der Waals surface area contributed by atoms with Crippen molar-refractivity contribution in [2.24, 2.45) is 0 Å². The second-order valence-electron chi connectivity index (χ2n) is 5.57. The number of nitrogens with zero attached hydrogens (tertiary/aromatic N) is 1. The Morgan fingerprint density at radius 1 is 1.12 bits per heavy atom. The molecule has 2 rings (SSSR count). The van der Waals surface area contributed by atoms with Crippen LogP contribution in [0.3, 0.4) is 0 Å². The van der Waals surface area contributed by atoms with Gasteiger partial charge in [-0.1, -0.05) is 23.7 Å². The van der Waals surface area contributed by atoms with E-state index in [0.717, 1.165) is 15.4 Å². The Morgan fingerprint density at radius 3 is 2.46 bits per heavy atom. The van der Waals surface area contributed by atoms with Crippen molar-refractivity contribution in [1.82, 2.24) is 4.31 Å². The predicted molar refractivity (Wildman–Crippen MR) is 95.8 cm³/mol. The number of carbonyl (C=O) groups is 1. The number of nitrogens with one attached hydrogen (secondary N) is 1. The quantitative estimate of drug-likeness (QED) is 0.883. The molecule has 0 saturated carbocycles. The summed E-state index contributed by atoms with van der Waals surface area (Å²) in [6.45, 7) is 3.47. The zero-order chi connectivity index (χ0) is 17.9. The first-order valence-electron chi connectivity index (χ1n) is 7.29. The Balaban J connectivity index is 2.11. The molecule has 0 aliphatic rings. The monoisotopic (exact) mass is 366 g/mol. The number of anilines is 1. The number of hydrogen-bond acceptors (Lipinski definition) is 3. The average Bonchev–Trinajstić information content (AvgIpc) is 2.49. The fourth-order valence-electron chi connectivity index (χ4n) is 2.11. The van der Waals surface area contributed by atoms with Crippen molar-refractivity contribution in [3.05, 3.63) is 58.6 Å². The number of carbonyl (C=O) groups excluding carboxylic acids is 1. The lowest BCUT2D eigenvalue weighted by Crippen LogP contribution is -2.35. The molecule has 2 aromatic rings. The number of benzene rings is 2. The van der Waals surface area contributed by atoms with E-state index in [9.17, 15) is 13.2 Å². The van der Waals surface area contributed by atoms with Gasteiger partial charge in [-0.15, -0.1) is 0 Å². The van der Waals surface area contributed by atoms with E-state index in [4.69, 9.17) is 11.6 Å². The first-order valence-corrected chi connectivity index (χ1v) is 9.11. The minimum Gasteiger partial charge on any atom is -0.325 e. The number of aryl methyl sites for hydroxylation is 2. The minimum absolute atomic E-state index is 0.170. The van der Waals surface area contributed by atoms with E-state index >= 15 is 0 Å². The number of amides is 1. The normalized spacial score (nSPS) is 11.5. The highest BCUT2D eigenvalue weighted by atomic mass is 35.5. The van der Waals surface area contributed by atoms with Crippen LogP contribution >= 0.6 is 11.6 Å². The van der Waals surface area contributed by atoms with Crippen LogP contribution in [0.15, 0.2) is 47.4 Å². The van der Waals surface area contributed by atoms with Gasteiger partial charge in [0.1, 0.15) is 0 Å². The summed E-state index contributed by atoms with van der Waals surface area (Å²) >= 11 is 5.86. The fraction of sp³-hybridized carbons (Fsp3) is 0.235. The van der Waals surface area contributed by atoms with E-state index in [1.165, 1.54) is 7.05 Å². The highest BCUT2D eigenvalue weighted by Gasteiger charge is 2.23. The number of hydrogen-bond donors (Lipinski definition) is 1. The van der Waals surface area contributed by atoms with Crippen molar-refractivity contribution in [1.29, 1.82) is 0 Å². The molecular formula is C17H19ClN2O3S. The van der Waals surface area contributed by atoms with Crippen LogP contribution in [0.25, 0.3) is 0 Å². The Labute approximate surface area is 147 Å². The number of halogens is 1. The molecule has 5 nitrogen and oxygen atoms in total. The molecule has 2 aromatic carbocycles. The van der Waals surface area contributed by atoms with Crippen LogP contribution in [0.2, 0.25) is 5.02 Å². The molecule has 0 unspecified atom stereocenters. The molecule has 1 amide bonds. The summed E-state index contributed by atoms with van der Waals surface area (Å²) in [7, 11) is -2.35. The number of likely N-dealkylation sites (N-methyl/N-ethyl adjacent to an activating group) is 1. The van der Waals surface area contributed by atoms with Crippen LogP contribution in [0, 0.1) is 13.8 Å². The van der Waals surface area contributed by atoms with E-state index < -0.39 is 15.9 Å². The molecule has 0 radical (unpaired) electrons. The first kappa shape index (κ1) is 18.4. The first-order chi connectivity index (χ1) is 11.2. The average molecular weight is 367 g/mol. The molecule has 0 atom stereocenters. The van der Waals surface area contributed by atoms with E-state index in [1.54, 1.807) is 42.5 Å². The Bertz CT molecular complexity index is 866. The standard InChI is InChI=1S/C17H19ClN2O3S/c1-12-7-8-16(9-13(12)2)24(22,23)20(3)11-17(21)19-15-6-4-5-14(18)10-15/h4-10H,11H2,1-3H3,(H,19,21). The lowest BCUT2D eigenvalue weighted by atomic mass is 10.1. The SMILES string of the molecule is Cc1ccc(S(=O)(=O)N(C)CC(=O)Nc2cccc(Cl)c2)cc1C. The molecule has 0 aromatic heterocycles. The van der Waals surface area contributed by atoms with Crippen molar-refractivity contribution in [3.8, 4) is 0 Å². The van der Waals surface area contributed by atoms with Gasteiger partial charge in [0.2, 0.25) is 15.9 Å². The smallest absolute Gasteiger partial charge is 0.243 e. The summed E-state index contributed by atoms with van der Waals surface area (Å²) in [5, 5.41) is 3.12. The van der Waals surface area contributed by atoms with Crippen LogP contribution < -0.4 is 5.32 Å². The van der Waals surface area contributed by atoms with Gasteiger partial charge in [-0.05, 0) is 55.3 Å². The molecule has 0 aliphatic heterocycles. The van der Waals surface area contributed by atoms with Crippen LogP contribution in [-0.2, 0) is 14.8 Å². The second-order valence-corrected chi connectivity index (χ2v) is 8.05. The van der Waals surface area contributed by atoms with Gasteiger partial charge in [-0.2, -0.15) is 4.31 Å². The lowest BCUT2D eigenvalue weighted by molar-refractivity contribution is -0.116. The van der Waals surface area contributed by atoms with Gasteiger partial charge in [0, 0.05) is 17.8 Å². The fourth-order valence-corrected chi connectivity index (χ4v) is 3.51. The Kier molecular flexibility index (Phi) is 5.64. The summed E-state index contributed by atoms with van der Waals surface area (Å²) in [6, 6.07) is 11.6. The summed E-state index contributed by atoms with van der Waals surface area (Å²) < 4.78 is 26.1. The van der Waals surface area contributed by atoms with Gasteiger partial charge in [-0.25, -0.2) is 8.42 Å². The Hall–Kier alpha value is -1.89. The molecule has 0 bridgehead atoms. The maximum Gasteiger partial charge on any atom is 0.243 e. The van der Waals surface area contributed by atoms with E-state index in [-0.39, 0.29) is 11.4 Å². The molecule has 0 aliphatic carbocycles. The minimum atomic E-state index is -3.73. The summed E-state index contributed by atoms with van der Waals surface area (Å²) in [6.07, 6.45) is 0. The van der Waals surface area contributed by atoms with Crippen LogP contribution in [0.1, 0.15) is 11.1 Å². The molecule has 1 N–H and O–H groups in total. The van der Waals surface area contributed by atoms with E-state index in [2.05, 4.69) is 5.32 Å². The number of rotatable bonds is 5. The zero-order valence-electron chi connectivity index (χ0n) is 13.7. The highest BCUT2D eigenvalue weighted by Crippen LogP contribution is 2.19. The van der Waals surface area contributed by atoms with Gasteiger partial charge in [-0.3, -0.25) is 4.79 Å². The molecular weight excluding hydrogens is 348 g/mol. The molecule has 0 heterocycles. The molecule has 24 heavy (non-hydrogen) atoms. The van der Waals surface area contributed by atoms with Gasteiger partial charge in [0.25, 0.3) is 0 Å². The third kappa shape index (κ3) is 4.35. The van der Waals surface area contributed by atoms with Crippen molar-refractivity contribution >= 4 is 33.2 Å². The van der Waals surface area contributed by atoms with Crippen molar-refractivity contribution in [2.45, 2.75) is 18.7 Å². The number of sulfonamides is 1. The zero-order valence-corrected chi connectivity index (χ0v) is 15.3. The van der Waals surface area contributed by atoms with Crippen molar-refractivity contribution in [3.63, 3.8) is 0 Å². The molecule has 0 saturated heterocycles. The van der Waals surface area contributed by atoms with E-state index in [0.29, 0.717) is 10.7 Å². The molecule has 7 heteroatoms. The van der Waals surface area contributed by atoms with Gasteiger partial charge < -0.3 is 5.32 Å². The second kappa shape index (κ2) is 7.34. The third-order valence-electron chi connectivity index (χ3n) is 3.66. The van der Waals surface area contributed by atoms with Crippen molar-refractivity contribution < 1.29 is 13.2 Å². The van der Waals surface area contributed by atoms with E-state index in [1.807, 2.05) is 13.8 Å². The third-order valence-corrected chi connectivity index (χ3v) is 5.70. The summed E-state index contributed by atoms with van der Waals surface area (Å²) in [4.78, 5) is 12.2. The van der Waals surface area contributed by atoms with Gasteiger partial charge >= 0.3 is 0 Å². The molecule has 128 valence electrons. The predicted octanol–water partition coefficient (Wildman–Crippen LogP) is 3.22. The van der Waals surface area contributed by atoms with Crippen LogP contribution in [0.5, 0.6) is 0 Å². The molecule has 0 spiro atoms. The summed E-state index contributed by atoms with van der Waals surface area (Å²) in [5.74, 6) is -0.438. The summed E-state index contributed by atoms with van der Waals surface area (Å²) in [5.41, 5.74) is 2.41. The maximum absolute atomic E-state index is 12.6. The van der Waals surface area contributed by atoms with Crippen LogP contribution in [0.4, 0.5) is 5.69 Å². The topological polar surface area (TPSA) is 66.5 Å². The lowest BCUT2D eigenvalue weighted by Gasteiger charge is -2.17. The highest BCUT2D eigenvalue weighted by molar-refractivity contribution is 7.89. The van der Waals surface area contributed by atoms with Gasteiger partial charge in [0.15, 0.2) is 0 Å². The largest absolute Gasteiger partial charge is 0.325 e. The maximum atomic E-state index is 12.6. The van der Waals surface area contributed by atoms with Crippen LogP contribution in [-0.4, -0.2) is 32.2 Å². The van der Waals surface area contributed by atoms with Crippen molar-refractivity contribution in [2.75, 3.05) is 18.9 Å². The van der Waals surface area contributed by atoms with Gasteiger partial charge in [0.05, 0.1) is 11.4 Å². The Morgan fingerprint density at radius 2 is 1.83 bits per heavy atom.